The Labute approximate surface area is 331 Å². The Hall–Kier alpha value is -6.81. The van der Waals surface area contributed by atoms with E-state index in [0.29, 0.717) is 5.82 Å². The zero-order valence-corrected chi connectivity index (χ0v) is 31.2. The van der Waals surface area contributed by atoms with Crippen molar-refractivity contribution in [3.63, 3.8) is 0 Å². The molecule has 0 fully saturated rings. The van der Waals surface area contributed by atoms with Crippen LogP contribution in [0.1, 0.15) is 22.3 Å². The molecule has 0 radical (unpaired) electrons. The highest BCUT2D eigenvalue weighted by molar-refractivity contribution is 7.99. The molecule has 262 valence electrons. The van der Waals surface area contributed by atoms with E-state index in [9.17, 15) is 0 Å². The molecule has 2 heterocycles. The molecular weight excluding hydrogens is 697 g/mol. The van der Waals surface area contributed by atoms with E-state index in [1.54, 1.807) is 0 Å². The first-order chi connectivity index (χ1) is 27.8. The van der Waals surface area contributed by atoms with E-state index < -0.39 is 0 Å². The molecule has 1 spiro atoms. The van der Waals surface area contributed by atoms with E-state index in [0.717, 1.165) is 39.2 Å². The van der Waals surface area contributed by atoms with Gasteiger partial charge in [0.05, 0.1) is 16.8 Å². The van der Waals surface area contributed by atoms with Gasteiger partial charge in [-0.1, -0.05) is 200 Å². The standard InChI is InChI=1S/C53H34N2S/c1-3-15-36(16-4-1)40-19-7-8-22-43(40)49-34-48(54-52(55-49)38-17-5-2-6-18-38)37-29-27-35(28-30-37)39-31-32-47-51(33-39)56-50-26-14-13-25-46(50)53(47)44-23-11-9-20-41(44)42-21-10-12-24-45(42)53/h1-34H. The first-order valence-corrected chi connectivity index (χ1v) is 19.9. The van der Waals surface area contributed by atoms with Crippen molar-refractivity contribution in [2.75, 3.05) is 0 Å². The second-order valence-electron chi connectivity index (χ2n) is 14.5. The molecule has 0 saturated carbocycles. The second-order valence-corrected chi connectivity index (χ2v) is 15.6. The Morgan fingerprint density at radius 3 is 1.50 bits per heavy atom. The van der Waals surface area contributed by atoms with E-state index in [1.165, 1.54) is 54.3 Å². The van der Waals surface area contributed by atoms with E-state index in [1.807, 2.05) is 30.0 Å². The molecule has 0 N–H and O–H groups in total. The molecule has 0 atom stereocenters. The number of aromatic nitrogens is 2. The molecule has 8 aromatic carbocycles. The number of fused-ring (bicyclic) bond motifs is 9. The van der Waals surface area contributed by atoms with Crippen LogP contribution in [0.15, 0.2) is 216 Å². The van der Waals surface area contributed by atoms with Gasteiger partial charge in [0.2, 0.25) is 0 Å². The molecule has 1 aliphatic heterocycles. The van der Waals surface area contributed by atoms with Crippen molar-refractivity contribution in [2.45, 2.75) is 15.2 Å². The lowest BCUT2D eigenvalue weighted by molar-refractivity contribution is 0.722. The molecule has 11 rings (SSSR count). The maximum absolute atomic E-state index is 5.15. The van der Waals surface area contributed by atoms with Crippen molar-refractivity contribution < 1.29 is 0 Å². The van der Waals surface area contributed by atoms with E-state index in [-0.39, 0.29) is 5.41 Å². The highest BCUT2D eigenvalue weighted by atomic mass is 32.2. The van der Waals surface area contributed by atoms with E-state index >= 15 is 0 Å². The Kier molecular flexibility index (Phi) is 7.68. The average Bonchev–Trinajstić information content (AvgIpc) is 3.57. The van der Waals surface area contributed by atoms with Crippen molar-refractivity contribution in [2.24, 2.45) is 0 Å². The Bertz CT molecular complexity index is 2890. The molecular formula is C53H34N2S. The fourth-order valence-corrected chi connectivity index (χ4v) is 10.1. The zero-order valence-electron chi connectivity index (χ0n) is 30.4. The molecule has 1 aliphatic carbocycles. The lowest BCUT2D eigenvalue weighted by Crippen LogP contribution is -2.31. The van der Waals surface area contributed by atoms with Gasteiger partial charge in [-0.15, -0.1) is 0 Å². The van der Waals surface area contributed by atoms with Crippen molar-refractivity contribution in [3.05, 3.63) is 229 Å². The summed E-state index contributed by atoms with van der Waals surface area (Å²) in [6.45, 7) is 0. The van der Waals surface area contributed by atoms with Gasteiger partial charge in [-0.3, -0.25) is 0 Å². The van der Waals surface area contributed by atoms with Crippen LogP contribution >= 0.6 is 11.8 Å². The van der Waals surface area contributed by atoms with Gasteiger partial charge in [0.1, 0.15) is 0 Å². The van der Waals surface area contributed by atoms with Gasteiger partial charge in [0.15, 0.2) is 5.82 Å². The van der Waals surface area contributed by atoms with Crippen LogP contribution < -0.4 is 0 Å². The van der Waals surface area contributed by atoms with Gasteiger partial charge in [-0.25, -0.2) is 9.97 Å². The number of benzene rings is 8. The number of nitrogens with zero attached hydrogens (tertiary/aromatic N) is 2. The van der Waals surface area contributed by atoms with Crippen LogP contribution in [-0.2, 0) is 5.41 Å². The summed E-state index contributed by atoms with van der Waals surface area (Å²) >= 11 is 1.88. The maximum atomic E-state index is 5.15. The highest BCUT2D eigenvalue weighted by Crippen LogP contribution is 2.62. The fourth-order valence-electron chi connectivity index (χ4n) is 8.90. The van der Waals surface area contributed by atoms with Crippen LogP contribution in [-0.4, -0.2) is 9.97 Å². The minimum Gasteiger partial charge on any atom is -0.228 e. The molecule has 56 heavy (non-hydrogen) atoms. The largest absolute Gasteiger partial charge is 0.228 e. The van der Waals surface area contributed by atoms with Gasteiger partial charge in [0.25, 0.3) is 0 Å². The topological polar surface area (TPSA) is 25.8 Å². The van der Waals surface area contributed by atoms with Crippen molar-refractivity contribution in [1.29, 1.82) is 0 Å². The summed E-state index contributed by atoms with van der Waals surface area (Å²) < 4.78 is 0. The van der Waals surface area contributed by atoms with Crippen LogP contribution in [0.2, 0.25) is 0 Å². The van der Waals surface area contributed by atoms with E-state index in [2.05, 4.69) is 188 Å². The van der Waals surface area contributed by atoms with Gasteiger partial charge in [-0.05, 0) is 73.8 Å². The number of rotatable bonds is 5. The van der Waals surface area contributed by atoms with Crippen molar-refractivity contribution >= 4 is 11.8 Å². The van der Waals surface area contributed by atoms with Gasteiger partial charge < -0.3 is 0 Å². The van der Waals surface area contributed by atoms with Crippen LogP contribution in [0.25, 0.3) is 67.3 Å². The first kappa shape index (κ1) is 32.6. The molecule has 9 aromatic rings. The normalized spacial score (nSPS) is 13.1. The third-order valence-corrected chi connectivity index (χ3v) is 12.5. The summed E-state index contributed by atoms with van der Waals surface area (Å²) in [6.07, 6.45) is 0. The molecule has 3 heteroatoms. The number of hydrogen-bond acceptors (Lipinski definition) is 3. The summed E-state index contributed by atoms with van der Waals surface area (Å²) in [6, 6.07) is 74.3. The Balaban J connectivity index is 1.01. The highest BCUT2D eigenvalue weighted by Gasteiger charge is 2.50. The monoisotopic (exact) mass is 730 g/mol. The molecule has 2 aliphatic rings. The predicted octanol–water partition coefficient (Wildman–Crippen LogP) is 13.6. The smallest absolute Gasteiger partial charge is 0.160 e. The predicted molar refractivity (Wildman–Crippen MR) is 231 cm³/mol. The van der Waals surface area contributed by atoms with Crippen LogP contribution in [0.4, 0.5) is 0 Å². The van der Waals surface area contributed by atoms with Gasteiger partial charge >= 0.3 is 0 Å². The minimum absolute atomic E-state index is 0.368. The second kappa shape index (κ2) is 13.2. The van der Waals surface area contributed by atoms with Crippen LogP contribution in [0.5, 0.6) is 0 Å². The fraction of sp³-hybridized carbons (Fsp3) is 0.0189. The summed E-state index contributed by atoms with van der Waals surface area (Å²) in [5.41, 5.74) is 17.3. The molecule has 1 aromatic heterocycles. The Morgan fingerprint density at radius 2 is 0.804 bits per heavy atom. The quantitative estimate of drug-likeness (QED) is 0.176. The molecule has 2 nitrogen and oxygen atoms in total. The minimum atomic E-state index is -0.368. The summed E-state index contributed by atoms with van der Waals surface area (Å²) in [5.74, 6) is 0.709. The first-order valence-electron chi connectivity index (χ1n) is 19.1. The zero-order chi connectivity index (χ0) is 37.1. The SMILES string of the molecule is c1ccc(-c2nc(-c3ccc(-c4ccc5c(c4)Sc4ccccc4C54c5ccccc5-c5ccccc54)cc3)cc(-c3ccccc3-c3ccccc3)n2)cc1. The van der Waals surface area contributed by atoms with Gasteiger partial charge in [-0.2, -0.15) is 0 Å². The van der Waals surface area contributed by atoms with Gasteiger partial charge in [0, 0.05) is 26.5 Å². The molecule has 0 amide bonds. The third kappa shape index (κ3) is 5.12. The molecule has 0 unspecified atom stereocenters. The number of hydrogen-bond donors (Lipinski definition) is 0. The molecule has 0 saturated heterocycles. The Morgan fingerprint density at radius 1 is 0.304 bits per heavy atom. The molecule has 0 bridgehead atoms. The third-order valence-electron chi connectivity index (χ3n) is 11.4. The maximum Gasteiger partial charge on any atom is 0.160 e. The van der Waals surface area contributed by atoms with Crippen LogP contribution in [0.3, 0.4) is 0 Å². The van der Waals surface area contributed by atoms with Crippen LogP contribution in [0, 0.1) is 0 Å². The van der Waals surface area contributed by atoms with Crippen molar-refractivity contribution in [3.8, 4) is 67.3 Å². The lowest BCUT2D eigenvalue weighted by Gasteiger charge is -2.39. The van der Waals surface area contributed by atoms with E-state index in [4.69, 9.17) is 9.97 Å². The lowest BCUT2D eigenvalue weighted by atomic mass is 9.67. The summed E-state index contributed by atoms with van der Waals surface area (Å²) in [7, 11) is 0. The summed E-state index contributed by atoms with van der Waals surface area (Å²) in [5, 5.41) is 0. The average molecular weight is 731 g/mol. The summed E-state index contributed by atoms with van der Waals surface area (Å²) in [4.78, 5) is 12.9. The van der Waals surface area contributed by atoms with Crippen molar-refractivity contribution in [1.82, 2.24) is 9.97 Å².